The van der Waals surface area contributed by atoms with Crippen LogP contribution < -0.4 is 10.2 Å². The van der Waals surface area contributed by atoms with Gasteiger partial charge in [0.05, 0.1) is 11.3 Å². The second-order valence-corrected chi connectivity index (χ2v) is 5.31. The molecule has 120 valence electrons. The van der Waals surface area contributed by atoms with Crippen LogP contribution in [0.4, 0.5) is 5.69 Å². The van der Waals surface area contributed by atoms with Gasteiger partial charge in [-0.25, -0.2) is 0 Å². The molecule has 0 aliphatic rings. The molecular formula is C18H21N3O2. The van der Waals surface area contributed by atoms with Crippen molar-refractivity contribution in [3.63, 3.8) is 0 Å². The van der Waals surface area contributed by atoms with Gasteiger partial charge in [0.15, 0.2) is 0 Å². The highest BCUT2D eigenvalue weighted by Gasteiger charge is 2.17. The fourth-order valence-electron chi connectivity index (χ4n) is 2.30. The second kappa shape index (κ2) is 7.54. The van der Waals surface area contributed by atoms with Gasteiger partial charge in [0.25, 0.3) is 5.91 Å². The van der Waals surface area contributed by atoms with Gasteiger partial charge in [0.2, 0.25) is 5.91 Å². The van der Waals surface area contributed by atoms with Crippen LogP contribution in [0.5, 0.6) is 0 Å². The Morgan fingerprint density at radius 3 is 2.65 bits per heavy atom. The maximum atomic E-state index is 12.5. The van der Waals surface area contributed by atoms with E-state index in [0.717, 1.165) is 11.1 Å². The van der Waals surface area contributed by atoms with Gasteiger partial charge in [-0.15, -0.1) is 0 Å². The average molecular weight is 311 g/mol. The number of hydrogen-bond acceptors (Lipinski definition) is 3. The highest BCUT2D eigenvalue weighted by atomic mass is 16.2. The Morgan fingerprint density at radius 1 is 1.22 bits per heavy atom. The van der Waals surface area contributed by atoms with E-state index in [1.807, 2.05) is 19.1 Å². The first-order chi connectivity index (χ1) is 11.0. The molecule has 1 heterocycles. The molecule has 0 saturated carbocycles. The first-order valence-electron chi connectivity index (χ1n) is 7.57. The number of rotatable bonds is 5. The minimum atomic E-state index is -0.201. The number of hydrogen-bond donors (Lipinski definition) is 1. The van der Waals surface area contributed by atoms with Crippen LogP contribution in [0.3, 0.4) is 0 Å². The molecule has 0 saturated heterocycles. The van der Waals surface area contributed by atoms with Gasteiger partial charge in [0.1, 0.15) is 0 Å². The topological polar surface area (TPSA) is 62.3 Å². The predicted octanol–water partition coefficient (Wildman–Crippen LogP) is 2.69. The Labute approximate surface area is 136 Å². The fraction of sp³-hybridized carbons (Fsp3) is 0.278. The maximum Gasteiger partial charge on any atom is 0.253 e. The van der Waals surface area contributed by atoms with Crippen LogP contribution in [-0.2, 0) is 11.3 Å². The molecule has 0 bridgehead atoms. The van der Waals surface area contributed by atoms with Crippen LogP contribution in [-0.4, -0.2) is 23.8 Å². The van der Waals surface area contributed by atoms with Gasteiger partial charge in [-0.1, -0.05) is 19.1 Å². The smallest absolute Gasteiger partial charge is 0.253 e. The van der Waals surface area contributed by atoms with Crippen LogP contribution in [0.1, 0.15) is 34.8 Å². The number of benzene rings is 1. The third-order valence-electron chi connectivity index (χ3n) is 3.76. The summed E-state index contributed by atoms with van der Waals surface area (Å²) in [6.07, 6.45) is 3.86. The molecule has 0 atom stereocenters. The van der Waals surface area contributed by atoms with E-state index < -0.39 is 0 Å². The molecule has 1 aromatic carbocycles. The molecule has 0 radical (unpaired) electrons. The minimum absolute atomic E-state index is 0.0322. The minimum Gasteiger partial charge on any atom is -0.348 e. The lowest BCUT2D eigenvalue weighted by Gasteiger charge is -2.20. The molecular weight excluding hydrogens is 290 g/mol. The fourth-order valence-corrected chi connectivity index (χ4v) is 2.30. The summed E-state index contributed by atoms with van der Waals surface area (Å²) >= 11 is 0. The highest BCUT2D eigenvalue weighted by molar-refractivity contribution is 6.04. The van der Waals surface area contributed by atoms with E-state index in [-0.39, 0.29) is 11.8 Å². The van der Waals surface area contributed by atoms with Crippen molar-refractivity contribution in [3.8, 4) is 0 Å². The average Bonchev–Trinajstić information content (AvgIpc) is 2.59. The number of para-hydroxylation sites is 1. The lowest BCUT2D eigenvalue weighted by molar-refractivity contribution is -0.118. The second-order valence-electron chi connectivity index (χ2n) is 5.31. The van der Waals surface area contributed by atoms with Gasteiger partial charge in [-0.2, -0.15) is 0 Å². The number of aryl methyl sites for hydroxylation is 1. The maximum absolute atomic E-state index is 12.5. The summed E-state index contributed by atoms with van der Waals surface area (Å²) in [5.41, 5.74) is 3.15. The molecule has 5 nitrogen and oxygen atoms in total. The van der Waals surface area contributed by atoms with Crippen molar-refractivity contribution < 1.29 is 9.59 Å². The molecule has 1 aromatic heterocycles. The van der Waals surface area contributed by atoms with E-state index in [1.54, 1.807) is 44.6 Å². The monoisotopic (exact) mass is 311 g/mol. The van der Waals surface area contributed by atoms with Crippen molar-refractivity contribution in [1.82, 2.24) is 10.3 Å². The summed E-state index contributed by atoms with van der Waals surface area (Å²) in [6.45, 7) is 4.18. The number of nitrogens with zero attached hydrogens (tertiary/aromatic N) is 2. The van der Waals surface area contributed by atoms with E-state index in [1.165, 1.54) is 4.90 Å². The third kappa shape index (κ3) is 3.94. The molecule has 2 rings (SSSR count). The Bertz CT molecular complexity index is 713. The van der Waals surface area contributed by atoms with E-state index in [4.69, 9.17) is 0 Å². The quantitative estimate of drug-likeness (QED) is 0.923. The molecule has 2 amide bonds. The molecule has 0 aliphatic carbocycles. The molecule has 0 fully saturated rings. The van der Waals surface area contributed by atoms with Crippen molar-refractivity contribution in [2.75, 3.05) is 11.9 Å². The van der Waals surface area contributed by atoms with Crippen LogP contribution >= 0.6 is 0 Å². The standard InChI is InChI=1S/C18H21N3O2/c1-4-17(22)21(3)16-8-6-5-7-15(16)18(23)20-12-14-9-10-19-11-13(14)2/h5-11H,4,12H2,1-3H3,(H,20,23). The molecule has 5 heteroatoms. The molecule has 2 aromatic rings. The van der Waals surface area contributed by atoms with Gasteiger partial charge in [-0.3, -0.25) is 14.6 Å². The largest absolute Gasteiger partial charge is 0.348 e. The Balaban J connectivity index is 2.17. The lowest BCUT2D eigenvalue weighted by Crippen LogP contribution is -2.30. The predicted molar refractivity (Wildman–Crippen MR) is 90.3 cm³/mol. The number of carbonyl (C=O) groups excluding carboxylic acids is 2. The van der Waals surface area contributed by atoms with Crippen LogP contribution in [0, 0.1) is 6.92 Å². The van der Waals surface area contributed by atoms with Gasteiger partial charge in [-0.05, 0) is 36.2 Å². The summed E-state index contributed by atoms with van der Waals surface area (Å²) in [6, 6.07) is 9.00. The van der Waals surface area contributed by atoms with Crippen molar-refractivity contribution in [3.05, 3.63) is 59.4 Å². The number of aromatic nitrogens is 1. The van der Waals surface area contributed by atoms with Crippen LogP contribution in [0.25, 0.3) is 0 Å². The molecule has 0 aliphatic heterocycles. The van der Waals surface area contributed by atoms with Gasteiger partial charge in [0, 0.05) is 32.4 Å². The highest BCUT2D eigenvalue weighted by Crippen LogP contribution is 2.20. The van der Waals surface area contributed by atoms with E-state index in [0.29, 0.717) is 24.2 Å². The summed E-state index contributed by atoms with van der Waals surface area (Å²) in [5.74, 6) is -0.234. The normalized spacial score (nSPS) is 10.2. The zero-order chi connectivity index (χ0) is 16.8. The number of pyridine rings is 1. The summed E-state index contributed by atoms with van der Waals surface area (Å²) in [7, 11) is 1.69. The summed E-state index contributed by atoms with van der Waals surface area (Å²) in [5, 5.41) is 2.90. The van der Waals surface area contributed by atoms with E-state index in [2.05, 4.69) is 10.3 Å². The number of anilines is 1. The molecule has 0 unspecified atom stereocenters. The van der Waals surface area contributed by atoms with Crippen molar-refractivity contribution in [2.45, 2.75) is 26.8 Å². The van der Waals surface area contributed by atoms with Gasteiger partial charge < -0.3 is 10.2 Å². The Kier molecular flexibility index (Phi) is 5.46. The van der Waals surface area contributed by atoms with Crippen molar-refractivity contribution >= 4 is 17.5 Å². The van der Waals surface area contributed by atoms with Crippen molar-refractivity contribution in [1.29, 1.82) is 0 Å². The Hall–Kier alpha value is -2.69. The van der Waals surface area contributed by atoms with Crippen LogP contribution in [0.15, 0.2) is 42.7 Å². The zero-order valence-electron chi connectivity index (χ0n) is 13.7. The SMILES string of the molecule is CCC(=O)N(C)c1ccccc1C(=O)NCc1ccncc1C. The molecule has 0 spiro atoms. The van der Waals surface area contributed by atoms with Crippen molar-refractivity contribution in [2.24, 2.45) is 0 Å². The molecule has 1 N–H and O–H groups in total. The summed E-state index contributed by atoms with van der Waals surface area (Å²) in [4.78, 5) is 30.0. The van der Waals surface area contributed by atoms with E-state index >= 15 is 0 Å². The Morgan fingerprint density at radius 2 is 1.96 bits per heavy atom. The number of nitrogens with one attached hydrogen (secondary N) is 1. The number of carbonyl (C=O) groups is 2. The third-order valence-corrected chi connectivity index (χ3v) is 3.76. The first-order valence-corrected chi connectivity index (χ1v) is 7.57. The van der Waals surface area contributed by atoms with Gasteiger partial charge >= 0.3 is 0 Å². The summed E-state index contributed by atoms with van der Waals surface area (Å²) < 4.78 is 0. The number of amides is 2. The first kappa shape index (κ1) is 16.7. The van der Waals surface area contributed by atoms with E-state index in [9.17, 15) is 9.59 Å². The lowest BCUT2D eigenvalue weighted by atomic mass is 10.1. The molecule has 23 heavy (non-hydrogen) atoms. The van der Waals surface area contributed by atoms with Crippen LogP contribution in [0.2, 0.25) is 0 Å². The zero-order valence-corrected chi connectivity index (χ0v) is 13.7.